The van der Waals surface area contributed by atoms with Crippen LogP contribution in [0, 0.1) is 23.3 Å². The summed E-state index contributed by atoms with van der Waals surface area (Å²) in [4.78, 5) is 13.3. The van der Waals surface area contributed by atoms with Crippen molar-refractivity contribution in [3.63, 3.8) is 0 Å². The molecule has 4 heterocycles. The lowest BCUT2D eigenvalue weighted by Gasteiger charge is -2.33. The Kier molecular flexibility index (Phi) is 15.4. The Labute approximate surface area is 445 Å². The Morgan fingerprint density at radius 2 is 0.458 bits per heavy atom. The maximum Gasteiger partial charge on any atom is 0.128 e. The number of nitrogens with zero attached hydrogens (tertiary/aromatic N) is 4. The van der Waals surface area contributed by atoms with E-state index in [2.05, 4.69) is 157 Å². The molecule has 0 saturated carbocycles. The van der Waals surface area contributed by atoms with Crippen LogP contribution in [0.2, 0.25) is 0 Å². The van der Waals surface area contributed by atoms with Crippen LogP contribution in [0.5, 0.6) is 0 Å². The Morgan fingerprint density at radius 3 is 0.639 bits per heavy atom. The van der Waals surface area contributed by atoms with Crippen LogP contribution in [0.3, 0.4) is 0 Å². The van der Waals surface area contributed by atoms with E-state index in [0.29, 0.717) is 11.4 Å². The van der Waals surface area contributed by atoms with E-state index < -0.39 is 23.3 Å². The van der Waals surface area contributed by atoms with E-state index in [1.54, 1.807) is 9.80 Å². The first-order chi connectivity index (χ1) is 33.1. The van der Waals surface area contributed by atoms with E-state index in [1.165, 1.54) is 113 Å². The second-order valence-electron chi connectivity index (χ2n) is 23.3. The molecule has 0 N–H and O–H groups in total. The molecule has 4 aromatic carbocycles. The minimum absolute atomic E-state index is 0.0580. The van der Waals surface area contributed by atoms with Gasteiger partial charge >= 0.3 is 0 Å². The monoisotopic (exact) mass is 1050 g/mol. The van der Waals surface area contributed by atoms with Gasteiger partial charge in [-0.05, 0) is 148 Å². The predicted molar refractivity (Wildman–Crippen MR) is 308 cm³/mol. The van der Waals surface area contributed by atoms with Gasteiger partial charge in [0.2, 0.25) is 0 Å². The molecule has 0 atom stereocenters. The molecule has 0 aromatic heterocycles. The molecule has 0 fully saturated rings. The summed E-state index contributed by atoms with van der Waals surface area (Å²) in [7, 11) is 0. The number of hydrogen-bond acceptors (Lipinski definition) is 8. The van der Waals surface area contributed by atoms with Crippen molar-refractivity contribution < 1.29 is 17.6 Å². The van der Waals surface area contributed by atoms with Gasteiger partial charge in [0.05, 0.1) is 11.4 Å². The van der Waals surface area contributed by atoms with Gasteiger partial charge < -0.3 is 19.6 Å². The first-order valence-corrected chi connectivity index (χ1v) is 27.8. The highest BCUT2D eigenvalue weighted by molar-refractivity contribution is 8.11. The van der Waals surface area contributed by atoms with Crippen molar-refractivity contribution in [1.82, 2.24) is 0 Å². The van der Waals surface area contributed by atoms with Gasteiger partial charge in [-0.25, -0.2) is 17.6 Å². The van der Waals surface area contributed by atoms with Crippen LogP contribution < -0.4 is 19.6 Å². The largest absolute Gasteiger partial charge is 0.306 e. The minimum atomic E-state index is -0.676. The van der Waals surface area contributed by atoms with Crippen molar-refractivity contribution in [3.05, 3.63) is 181 Å². The number of hydrogen-bond donors (Lipinski definition) is 0. The normalized spacial score (nSPS) is 19.3. The van der Waals surface area contributed by atoms with Crippen molar-refractivity contribution in [2.24, 2.45) is 0 Å². The van der Waals surface area contributed by atoms with Crippen LogP contribution in [0.15, 0.2) is 135 Å². The summed E-state index contributed by atoms with van der Waals surface area (Å²) in [6.45, 7) is 44.6. The van der Waals surface area contributed by atoms with E-state index in [9.17, 15) is 17.6 Å². The Hall–Kier alpha value is -4.36. The number of rotatable bonds is 4. The number of allylic oxidation sites excluding steroid dienone is 8. The lowest BCUT2D eigenvalue weighted by atomic mass is 9.80. The standard InChI is InChI=1S/C38H54N2S2.C22H18F4N2S2/c1-23-25(3)41-33(39(23)31-19-27(35(5,6)7)17-28(20-31)36(8,9)10)34-40(24(2)26(4)42-34)32-21-29(37(11,12)13)18-30(22-32)38(14,15)16;1-11-13(3)29-21(27(11)19-7-15(23)5-16(24)8-19)22-28(12(2)14(4)30-22)20-9-17(25)6-18(26)10-20/h17-22H,1-16H3;5-10H,1-4H3/b34-33+;22-21+. The summed E-state index contributed by atoms with van der Waals surface area (Å²) in [5.41, 5.74) is 13.3. The summed E-state index contributed by atoms with van der Waals surface area (Å²) < 4.78 is 55.8. The average molecular weight is 1050 g/mol. The highest BCUT2D eigenvalue weighted by Crippen LogP contribution is 2.56. The fourth-order valence-electron chi connectivity index (χ4n) is 8.65. The molecular weight excluding hydrogens is 981 g/mol. The smallest absolute Gasteiger partial charge is 0.128 e. The predicted octanol–water partition coefficient (Wildman–Crippen LogP) is 20.0. The van der Waals surface area contributed by atoms with Crippen LogP contribution in [-0.2, 0) is 21.7 Å². The van der Waals surface area contributed by atoms with Gasteiger partial charge in [-0.2, -0.15) is 0 Å². The number of benzene rings is 4. The second kappa shape index (κ2) is 20.1. The number of anilines is 4. The molecule has 8 rings (SSSR count). The van der Waals surface area contributed by atoms with E-state index in [1.807, 2.05) is 51.2 Å². The molecule has 4 aliphatic heterocycles. The van der Waals surface area contributed by atoms with Crippen LogP contribution >= 0.6 is 47.0 Å². The molecule has 0 unspecified atom stereocenters. The Morgan fingerprint density at radius 1 is 0.278 bits per heavy atom. The van der Waals surface area contributed by atoms with E-state index in [-0.39, 0.29) is 21.7 Å². The lowest BCUT2D eigenvalue weighted by molar-refractivity contribution is 0.568. The fourth-order valence-corrected chi connectivity index (χ4v) is 13.3. The van der Waals surface area contributed by atoms with E-state index in [0.717, 1.165) is 43.4 Å². The highest BCUT2D eigenvalue weighted by Gasteiger charge is 2.38. The molecule has 0 radical (unpaired) electrons. The van der Waals surface area contributed by atoms with E-state index >= 15 is 0 Å². The molecule has 0 amide bonds. The summed E-state index contributed by atoms with van der Waals surface area (Å²) in [5.74, 6) is -2.70. The van der Waals surface area contributed by atoms with Crippen LogP contribution in [-0.4, -0.2) is 0 Å². The van der Waals surface area contributed by atoms with Crippen molar-refractivity contribution in [1.29, 1.82) is 0 Å². The quantitative estimate of drug-likeness (QED) is 0.185. The van der Waals surface area contributed by atoms with Gasteiger partial charge in [0, 0.05) is 65.9 Å². The van der Waals surface area contributed by atoms with Crippen molar-refractivity contribution >= 4 is 69.8 Å². The Bertz CT molecular complexity index is 2750. The van der Waals surface area contributed by atoms with Gasteiger partial charge in [-0.1, -0.05) is 142 Å². The molecular formula is C60H72F4N4S4. The summed E-state index contributed by atoms with van der Waals surface area (Å²) in [6, 6.07) is 21.3. The highest BCUT2D eigenvalue weighted by atomic mass is 32.2. The molecule has 4 aliphatic rings. The number of thioether (sulfide) groups is 4. The minimum Gasteiger partial charge on any atom is -0.306 e. The molecule has 0 aliphatic carbocycles. The summed E-state index contributed by atoms with van der Waals surface area (Å²) in [5, 5.41) is 4.05. The van der Waals surface area contributed by atoms with Crippen molar-refractivity contribution in [2.75, 3.05) is 19.6 Å². The maximum absolute atomic E-state index is 14.0. The fraction of sp³-hybridized carbons (Fsp3) is 0.400. The van der Waals surface area contributed by atoms with Crippen molar-refractivity contribution in [2.45, 2.75) is 160 Å². The first kappa shape index (κ1) is 55.4. The zero-order valence-corrected chi connectivity index (χ0v) is 49.1. The second-order valence-corrected chi connectivity index (χ2v) is 28.1. The molecule has 4 aromatic rings. The lowest BCUT2D eigenvalue weighted by Crippen LogP contribution is -2.25. The molecule has 0 bridgehead atoms. The third-order valence-electron chi connectivity index (χ3n) is 13.6. The van der Waals surface area contributed by atoms with Gasteiger partial charge in [-0.3, -0.25) is 0 Å². The van der Waals surface area contributed by atoms with Gasteiger partial charge in [0.1, 0.15) is 43.4 Å². The van der Waals surface area contributed by atoms with Crippen molar-refractivity contribution in [3.8, 4) is 0 Å². The maximum atomic E-state index is 14.0. The average Bonchev–Trinajstić information content (AvgIpc) is 3.93. The number of halogens is 4. The molecule has 0 spiro atoms. The third-order valence-corrected chi connectivity index (χ3v) is 18.5. The van der Waals surface area contributed by atoms with Crippen LogP contribution in [0.25, 0.3) is 0 Å². The SMILES string of the molecule is CC1=C(C)N(c2cc(C(C)(C)C)cc(C(C)(C)C)c2)/C(=C2\SC(C)=C(C)N2c2cc(C(C)(C)C)cc(C(C)(C)C)c2)S1.CC1=C(C)N(c2cc(F)cc(F)c2)/C(=C2\SC(C)=C(C)N2c2cc(F)cc(F)c2)S1. The van der Waals surface area contributed by atoms with Gasteiger partial charge in [-0.15, -0.1) is 0 Å². The first-order valence-electron chi connectivity index (χ1n) is 24.5. The third kappa shape index (κ3) is 11.3. The molecule has 72 heavy (non-hydrogen) atoms. The zero-order chi connectivity index (χ0) is 53.5. The van der Waals surface area contributed by atoms with Crippen LogP contribution in [0.4, 0.5) is 40.3 Å². The molecule has 384 valence electrons. The molecule has 4 nitrogen and oxygen atoms in total. The zero-order valence-electron chi connectivity index (χ0n) is 45.9. The van der Waals surface area contributed by atoms with Crippen LogP contribution in [0.1, 0.15) is 161 Å². The molecule has 12 heteroatoms. The topological polar surface area (TPSA) is 13.0 Å². The van der Waals surface area contributed by atoms with Gasteiger partial charge in [0.15, 0.2) is 0 Å². The van der Waals surface area contributed by atoms with Gasteiger partial charge in [0.25, 0.3) is 0 Å². The van der Waals surface area contributed by atoms with E-state index in [4.69, 9.17) is 0 Å². The molecule has 0 saturated heterocycles. The summed E-state index contributed by atoms with van der Waals surface area (Å²) >= 11 is 6.76. The Balaban J connectivity index is 0.000000223. The summed E-state index contributed by atoms with van der Waals surface area (Å²) in [6.07, 6.45) is 0.